The van der Waals surface area contributed by atoms with Gasteiger partial charge in [0.15, 0.2) is 0 Å². The van der Waals surface area contributed by atoms with Crippen molar-refractivity contribution in [2.24, 2.45) is 11.5 Å². The van der Waals surface area contributed by atoms with E-state index in [2.05, 4.69) is 42.5 Å². The predicted molar refractivity (Wildman–Crippen MR) is 142 cm³/mol. The molecule has 0 bridgehead atoms. The first-order valence-corrected chi connectivity index (χ1v) is 13.0. The van der Waals surface area contributed by atoms with Gasteiger partial charge in [-0.05, 0) is 69.0 Å². The van der Waals surface area contributed by atoms with Crippen molar-refractivity contribution in [1.29, 1.82) is 0 Å². The Balaban J connectivity index is 1.96. The van der Waals surface area contributed by atoms with Crippen LogP contribution in [-0.2, 0) is 34.4 Å². The maximum Gasteiger partial charge on any atom is 0.256 e. The van der Waals surface area contributed by atoms with Crippen molar-refractivity contribution in [1.82, 2.24) is 9.62 Å². The molecule has 0 saturated carbocycles. The van der Waals surface area contributed by atoms with Crippen LogP contribution in [0.5, 0.6) is 5.75 Å². The summed E-state index contributed by atoms with van der Waals surface area (Å²) in [6.45, 7) is 11.8. The minimum absolute atomic E-state index is 0.146. The van der Waals surface area contributed by atoms with Gasteiger partial charge in [0, 0.05) is 18.7 Å². The van der Waals surface area contributed by atoms with E-state index in [9.17, 15) is 9.00 Å². The molecule has 0 aliphatic carbocycles. The first-order valence-electron chi connectivity index (χ1n) is 11.7. The van der Waals surface area contributed by atoms with E-state index in [1.54, 1.807) is 12.2 Å². The normalized spacial score (nSPS) is 18.3. The monoisotopic (exact) mass is 496 g/mol. The third-order valence-corrected chi connectivity index (χ3v) is 7.36. The zero-order valence-electron chi connectivity index (χ0n) is 21.2. The molecule has 0 aromatic heterocycles. The van der Waals surface area contributed by atoms with Crippen molar-refractivity contribution in [3.05, 3.63) is 87.8 Å². The Morgan fingerprint density at radius 3 is 2.54 bits per heavy atom. The van der Waals surface area contributed by atoms with Crippen LogP contribution in [0.1, 0.15) is 47.2 Å². The van der Waals surface area contributed by atoms with Crippen molar-refractivity contribution in [2.75, 3.05) is 12.4 Å². The van der Waals surface area contributed by atoms with Crippen molar-refractivity contribution in [2.45, 2.75) is 53.2 Å². The summed E-state index contributed by atoms with van der Waals surface area (Å²) >= 11 is 0. The molecular weight excluding hydrogens is 460 g/mol. The molecule has 3 rings (SSSR count). The van der Waals surface area contributed by atoms with Gasteiger partial charge in [0.1, 0.15) is 22.3 Å². The number of aryl methyl sites for hydroxylation is 3. The van der Waals surface area contributed by atoms with Crippen LogP contribution in [0.15, 0.2) is 54.4 Å². The Morgan fingerprint density at radius 2 is 1.91 bits per heavy atom. The number of ether oxygens (including phenoxy) is 1. The number of allylic oxidation sites excluding steroid dienone is 2. The lowest BCUT2D eigenvalue weighted by Gasteiger charge is -2.35. The van der Waals surface area contributed by atoms with Crippen LogP contribution in [0.4, 0.5) is 0 Å². The van der Waals surface area contributed by atoms with Gasteiger partial charge in [-0.15, -0.1) is 0 Å². The Labute approximate surface area is 210 Å². The molecule has 1 aliphatic rings. The Morgan fingerprint density at radius 1 is 1.23 bits per heavy atom. The molecule has 188 valence electrons. The topological polar surface area (TPSA) is 111 Å². The van der Waals surface area contributed by atoms with E-state index >= 15 is 0 Å². The molecular formula is C27H36N4O3S. The van der Waals surface area contributed by atoms with Gasteiger partial charge in [0.25, 0.3) is 5.91 Å². The van der Waals surface area contributed by atoms with Gasteiger partial charge in [0.05, 0.1) is 18.2 Å². The van der Waals surface area contributed by atoms with E-state index in [4.69, 9.17) is 16.2 Å². The predicted octanol–water partition coefficient (Wildman–Crippen LogP) is 3.34. The van der Waals surface area contributed by atoms with E-state index in [0.717, 1.165) is 16.9 Å². The largest absolute Gasteiger partial charge is 0.494 e. The number of nitrogens with one attached hydrogen (secondary N) is 1. The number of fused-ring (bicyclic) bond motifs is 1. The molecule has 0 spiro atoms. The fourth-order valence-electron chi connectivity index (χ4n) is 4.69. The first kappa shape index (κ1) is 26.5. The maximum atomic E-state index is 13.7. The van der Waals surface area contributed by atoms with Crippen LogP contribution in [0.2, 0.25) is 0 Å². The Hall–Kier alpha value is -3.10. The third-order valence-electron chi connectivity index (χ3n) is 6.45. The third kappa shape index (κ3) is 5.77. The van der Waals surface area contributed by atoms with Gasteiger partial charge in [-0.3, -0.25) is 14.4 Å². The van der Waals surface area contributed by atoms with Crippen molar-refractivity contribution < 1.29 is 13.7 Å². The summed E-state index contributed by atoms with van der Waals surface area (Å²) in [6.07, 6.45) is 4.79. The van der Waals surface area contributed by atoms with Crippen molar-refractivity contribution >= 4 is 16.9 Å². The van der Waals surface area contributed by atoms with Crippen molar-refractivity contribution in [3.63, 3.8) is 0 Å². The lowest BCUT2D eigenvalue weighted by Crippen LogP contribution is -2.51. The van der Waals surface area contributed by atoms with Crippen LogP contribution >= 0.6 is 0 Å². The quantitative estimate of drug-likeness (QED) is 0.459. The second-order valence-corrected chi connectivity index (χ2v) is 10.3. The molecule has 1 aliphatic heterocycles. The summed E-state index contributed by atoms with van der Waals surface area (Å²) < 4.78 is 21.3. The number of carbonyl (C=O) groups excluding carboxylic acids is 1. The summed E-state index contributed by atoms with van der Waals surface area (Å²) in [5.74, 6) is 0.772. The molecule has 1 amide bonds. The zero-order chi connectivity index (χ0) is 25.8. The molecule has 8 heteroatoms. The Bertz CT molecular complexity index is 1160. The molecule has 7 nitrogen and oxygen atoms in total. The molecule has 35 heavy (non-hydrogen) atoms. The van der Waals surface area contributed by atoms with E-state index in [1.807, 2.05) is 32.0 Å². The van der Waals surface area contributed by atoms with Crippen LogP contribution in [-0.4, -0.2) is 27.4 Å². The number of carbonyl (C=O) groups is 1. The number of rotatable bonds is 9. The van der Waals surface area contributed by atoms with Crippen LogP contribution < -0.4 is 20.9 Å². The fourth-order valence-corrected chi connectivity index (χ4v) is 5.47. The zero-order valence-corrected chi connectivity index (χ0v) is 22.0. The molecule has 2 unspecified atom stereocenters. The van der Waals surface area contributed by atoms with E-state index in [0.29, 0.717) is 19.7 Å². The molecule has 0 saturated heterocycles. The van der Waals surface area contributed by atoms with Gasteiger partial charge < -0.3 is 16.2 Å². The highest BCUT2D eigenvalue weighted by atomic mass is 32.2. The molecule has 0 fully saturated rings. The number of hydrogen-bond acceptors (Lipinski definition) is 6. The number of nitrogens with zero attached hydrogens (tertiary/aromatic N) is 1. The van der Waals surface area contributed by atoms with Gasteiger partial charge in [-0.1, -0.05) is 42.0 Å². The number of hydrogen-bond donors (Lipinski definition) is 3. The fraction of sp³-hybridized carbons (Fsp3) is 0.370. The molecule has 2 atom stereocenters. The second-order valence-electron chi connectivity index (χ2n) is 9.06. The average Bonchev–Trinajstić information content (AvgIpc) is 3.07. The lowest BCUT2D eigenvalue weighted by atomic mass is 9.89. The highest BCUT2D eigenvalue weighted by molar-refractivity contribution is 7.83. The first-order chi connectivity index (χ1) is 16.6. The van der Waals surface area contributed by atoms with Crippen LogP contribution in [0.25, 0.3) is 0 Å². The SMILES string of the molecule is CCOc1cccc2c1CN(Cc1c(C)cc(C)cc1C)C2(C)C(=O)NS(=O)C/C=C\C=C(N)N. The van der Waals surface area contributed by atoms with E-state index < -0.39 is 16.5 Å². The smallest absolute Gasteiger partial charge is 0.256 e. The number of amides is 1. The second kappa shape index (κ2) is 11.1. The van der Waals surface area contributed by atoms with Gasteiger partial charge in [-0.25, -0.2) is 4.21 Å². The summed E-state index contributed by atoms with van der Waals surface area (Å²) in [6, 6.07) is 10.1. The standard InChI is InChI=1S/C27H36N4O3S/c1-6-34-24-11-9-10-23-22(24)17-31(16-21-19(3)14-18(2)15-20(21)4)27(23,5)26(32)30-35(33)13-8-7-12-25(28)29/h7-12,14-15H,6,13,16-17,28-29H2,1-5H3,(H,30,32)/b8-7-. The van der Waals surface area contributed by atoms with Gasteiger partial charge >= 0.3 is 0 Å². The summed E-state index contributed by atoms with van der Waals surface area (Å²) in [5.41, 5.74) is 16.4. The minimum atomic E-state index is -1.60. The highest BCUT2D eigenvalue weighted by Crippen LogP contribution is 2.44. The summed E-state index contributed by atoms with van der Waals surface area (Å²) in [7, 11) is -1.60. The van der Waals surface area contributed by atoms with Gasteiger partial charge in [-0.2, -0.15) is 0 Å². The summed E-state index contributed by atoms with van der Waals surface area (Å²) in [5, 5.41) is 0. The lowest BCUT2D eigenvalue weighted by molar-refractivity contribution is -0.131. The van der Waals surface area contributed by atoms with Crippen LogP contribution in [0.3, 0.4) is 0 Å². The van der Waals surface area contributed by atoms with E-state index in [1.165, 1.54) is 28.3 Å². The molecule has 0 radical (unpaired) electrons. The molecule has 2 aromatic carbocycles. The molecule has 1 heterocycles. The van der Waals surface area contributed by atoms with Crippen LogP contribution in [0, 0.1) is 20.8 Å². The van der Waals surface area contributed by atoms with Gasteiger partial charge in [0.2, 0.25) is 0 Å². The number of nitrogens with two attached hydrogens (primary N) is 2. The Kier molecular flexibility index (Phi) is 8.40. The average molecular weight is 497 g/mol. The minimum Gasteiger partial charge on any atom is -0.494 e. The van der Waals surface area contributed by atoms with E-state index in [-0.39, 0.29) is 17.5 Å². The summed E-state index contributed by atoms with van der Waals surface area (Å²) in [4.78, 5) is 15.9. The van der Waals surface area contributed by atoms with Crippen molar-refractivity contribution in [3.8, 4) is 5.75 Å². The maximum absolute atomic E-state index is 13.7. The molecule has 2 aromatic rings. The molecule has 5 N–H and O–H groups in total. The number of benzene rings is 2. The highest BCUT2D eigenvalue weighted by Gasteiger charge is 2.48.